The normalized spacial score (nSPS) is 10.0. The maximum atomic E-state index is 7.59. The van der Waals surface area contributed by atoms with E-state index < -0.39 is 0 Å². The van der Waals surface area contributed by atoms with Gasteiger partial charge >= 0.3 is 0 Å². The Morgan fingerprint density at radius 1 is 1.00 bits per heavy atom. The lowest BCUT2D eigenvalue weighted by atomic mass is 10.2. The predicted molar refractivity (Wildman–Crippen MR) is 82.1 cm³/mol. The summed E-state index contributed by atoms with van der Waals surface area (Å²) in [5.74, 6) is 2.02. The van der Waals surface area contributed by atoms with Gasteiger partial charge in [-0.2, -0.15) is 0 Å². The first-order chi connectivity index (χ1) is 10.0. The van der Waals surface area contributed by atoms with Crippen LogP contribution in [0.5, 0.6) is 23.0 Å². The van der Waals surface area contributed by atoms with E-state index in [0.717, 1.165) is 0 Å². The van der Waals surface area contributed by atoms with E-state index in [9.17, 15) is 0 Å². The standard InChI is InChI=1S/C15H15ClN2O3/c1-19-10-6-11(20-2)8-12(7-10)21-14-4-3-9(16)5-13(14)15(17)18/h3-8H,1-2H3,(H3,17,18). The number of methoxy groups -OCH3 is 2. The molecule has 2 rings (SSSR count). The number of benzene rings is 2. The second-order valence-corrected chi connectivity index (χ2v) is 4.64. The lowest BCUT2D eigenvalue weighted by molar-refractivity contribution is 0.386. The molecule has 21 heavy (non-hydrogen) atoms. The van der Waals surface area contributed by atoms with Gasteiger partial charge in [0.25, 0.3) is 0 Å². The van der Waals surface area contributed by atoms with Gasteiger partial charge in [-0.25, -0.2) is 0 Å². The van der Waals surface area contributed by atoms with Crippen molar-refractivity contribution in [2.45, 2.75) is 0 Å². The lowest BCUT2D eigenvalue weighted by Gasteiger charge is -2.13. The first-order valence-electron chi connectivity index (χ1n) is 6.08. The van der Waals surface area contributed by atoms with Crippen molar-refractivity contribution in [2.24, 2.45) is 5.73 Å². The molecule has 0 aliphatic heterocycles. The summed E-state index contributed by atoms with van der Waals surface area (Å²) in [5.41, 5.74) is 5.97. The van der Waals surface area contributed by atoms with Gasteiger partial charge in [0.1, 0.15) is 28.8 Å². The van der Waals surface area contributed by atoms with Crippen LogP contribution in [0, 0.1) is 5.41 Å². The molecule has 110 valence electrons. The molecule has 0 aromatic heterocycles. The summed E-state index contributed by atoms with van der Waals surface area (Å²) in [6.07, 6.45) is 0. The third kappa shape index (κ3) is 3.58. The van der Waals surface area contributed by atoms with Gasteiger partial charge in [0.05, 0.1) is 19.8 Å². The monoisotopic (exact) mass is 306 g/mol. The number of nitrogens with two attached hydrogens (primary N) is 1. The highest BCUT2D eigenvalue weighted by Crippen LogP contribution is 2.33. The summed E-state index contributed by atoms with van der Waals surface area (Å²) in [4.78, 5) is 0. The number of hydrogen-bond acceptors (Lipinski definition) is 4. The van der Waals surface area contributed by atoms with Crippen LogP contribution >= 0.6 is 11.6 Å². The average molecular weight is 307 g/mol. The second-order valence-electron chi connectivity index (χ2n) is 4.20. The number of nitrogens with one attached hydrogen (secondary N) is 1. The van der Waals surface area contributed by atoms with Gasteiger partial charge in [0, 0.05) is 23.2 Å². The minimum absolute atomic E-state index is 0.123. The minimum Gasteiger partial charge on any atom is -0.496 e. The Morgan fingerprint density at radius 2 is 1.57 bits per heavy atom. The molecule has 0 saturated heterocycles. The topological polar surface area (TPSA) is 77.6 Å². The van der Waals surface area contributed by atoms with Gasteiger partial charge in [-0.05, 0) is 18.2 Å². The minimum atomic E-state index is -0.123. The van der Waals surface area contributed by atoms with Crippen molar-refractivity contribution < 1.29 is 14.2 Å². The van der Waals surface area contributed by atoms with Crippen LogP contribution in [-0.4, -0.2) is 20.1 Å². The fraction of sp³-hybridized carbons (Fsp3) is 0.133. The van der Waals surface area contributed by atoms with Gasteiger partial charge in [-0.1, -0.05) is 11.6 Å². The molecule has 0 unspecified atom stereocenters. The average Bonchev–Trinajstić information content (AvgIpc) is 2.48. The first kappa shape index (κ1) is 15.0. The first-order valence-corrected chi connectivity index (χ1v) is 6.46. The fourth-order valence-corrected chi connectivity index (χ4v) is 1.94. The molecule has 3 N–H and O–H groups in total. The second kappa shape index (κ2) is 6.37. The van der Waals surface area contributed by atoms with Crippen molar-refractivity contribution in [3.05, 3.63) is 47.0 Å². The molecular formula is C15H15ClN2O3. The van der Waals surface area contributed by atoms with Crippen LogP contribution < -0.4 is 19.9 Å². The smallest absolute Gasteiger partial charge is 0.138 e. The number of nitrogen functional groups attached to an aromatic ring is 1. The zero-order valence-corrected chi connectivity index (χ0v) is 12.4. The Kier molecular flexibility index (Phi) is 4.55. The largest absolute Gasteiger partial charge is 0.496 e. The van der Waals surface area contributed by atoms with E-state index in [0.29, 0.717) is 33.6 Å². The molecule has 0 amide bonds. The number of amidine groups is 1. The number of ether oxygens (including phenoxy) is 3. The van der Waals surface area contributed by atoms with E-state index in [1.54, 1.807) is 50.6 Å². The Bertz CT molecular complexity index is 652. The lowest BCUT2D eigenvalue weighted by Crippen LogP contribution is -2.12. The van der Waals surface area contributed by atoms with Crippen molar-refractivity contribution in [1.82, 2.24) is 0 Å². The van der Waals surface area contributed by atoms with Gasteiger partial charge in [0.2, 0.25) is 0 Å². The highest BCUT2D eigenvalue weighted by Gasteiger charge is 2.10. The molecule has 0 heterocycles. The summed E-state index contributed by atoms with van der Waals surface area (Å²) in [7, 11) is 3.11. The molecule has 5 nitrogen and oxygen atoms in total. The van der Waals surface area contributed by atoms with Crippen LogP contribution in [0.4, 0.5) is 0 Å². The summed E-state index contributed by atoms with van der Waals surface area (Å²) >= 11 is 5.91. The van der Waals surface area contributed by atoms with Gasteiger partial charge in [0.15, 0.2) is 0 Å². The maximum Gasteiger partial charge on any atom is 0.138 e. The molecule has 0 aliphatic carbocycles. The molecule has 0 fully saturated rings. The van der Waals surface area contributed by atoms with E-state index in [4.69, 9.17) is 37.0 Å². The maximum absolute atomic E-state index is 7.59. The number of rotatable bonds is 5. The zero-order valence-electron chi connectivity index (χ0n) is 11.6. The van der Waals surface area contributed by atoms with Gasteiger partial charge in [-0.3, -0.25) is 5.41 Å². The molecule has 0 bridgehead atoms. The predicted octanol–water partition coefficient (Wildman–Crippen LogP) is 3.43. The molecule has 2 aromatic rings. The Morgan fingerprint density at radius 3 is 2.10 bits per heavy atom. The van der Waals surface area contributed by atoms with Crippen LogP contribution in [0.3, 0.4) is 0 Å². The Balaban J connectivity index is 2.40. The van der Waals surface area contributed by atoms with E-state index in [1.165, 1.54) is 0 Å². The summed E-state index contributed by atoms with van der Waals surface area (Å²) in [6.45, 7) is 0. The van der Waals surface area contributed by atoms with Crippen molar-refractivity contribution in [3.63, 3.8) is 0 Å². The molecule has 0 saturated carbocycles. The highest BCUT2D eigenvalue weighted by molar-refractivity contribution is 6.31. The van der Waals surface area contributed by atoms with Crippen molar-refractivity contribution >= 4 is 17.4 Å². The molecule has 0 radical (unpaired) electrons. The van der Waals surface area contributed by atoms with E-state index in [1.807, 2.05) is 0 Å². The quantitative estimate of drug-likeness (QED) is 0.655. The van der Waals surface area contributed by atoms with E-state index in [2.05, 4.69) is 0 Å². The number of halogens is 1. The molecule has 0 aliphatic rings. The molecule has 6 heteroatoms. The summed E-state index contributed by atoms with van der Waals surface area (Å²) < 4.78 is 16.1. The summed E-state index contributed by atoms with van der Waals surface area (Å²) in [5, 5.41) is 8.07. The SMILES string of the molecule is COc1cc(OC)cc(Oc2ccc(Cl)cc2C(=N)N)c1. The fourth-order valence-electron chi connectivity index (χ4n) is 1.77. The van der Waals surface area contributed by atoms with Crippen molar-refractivity contribution in [1.29, 1.82) is 5.41 Å². The Hall–Kier alpha value is -2.40. The van der Waals surface area contributed by atoms with Crippen LogP contribution in [0.2, 0.25) is 5.02 Å². The highest BCUT2D eigenvalue weighted by atomic mass is 35.5. The van der Waals surface area contributed by atoms with Crippen molar-refractivity contribution in [2.75, 3.05) is 14.2 Å². The third-order valence-electron chi connectivity index (χ3n) is 2.78. The van der Waals surface area contributed by atoms with Crippen LogP contribution in [0.1, 0.15) is 5.56 Å². The molecule has 0 spiro atoms. The van der Waals surface area contributed by atoms with E-state index >= 15 is 0 Å². The Labute approximate surface area is 127 Å². The van der Waals surface area contributed by atoms with Gasteiger partial charge < -0.3 is 19.9 Å². The molecule has 0 atom stereocenters. The zero-order chi connectivity index (χ0) is 15.4. The van der Waals surface area contributed by atoms with Crippen molar-refractivity contribution in [3.8, 4) is 23.0 Å². The van der Waals surface area contributed by atoms with Crippen LogP contribution in [0.25, 0.3) is 0 Å². The van der Waals surface area contributed by atoms with Crippen LogP contribution in [0.15, 0.2) is 36.4 Å². The molecule has 2 aromatic carbocycles. The van der Waals surface area contributed by atoms with Crippen LogP contribution in [-0.2, 0) is 0 Å². The third-order valence-corrected chi connectivity index (χ3v) is 3.02. The van der Waals surface area contributed by atoms with E-state index in [-0.39, 0.29) is 5.84 Å². The molecular weight excluding hydrogens is 292 g/mol. The van der Waals surface area contributed by atoms with Gasteiger partial charge in [-0.15, -0.1) is 0 Å². The number of hydrogen-bond donors (Lipinski definition) is 2. The summed E-state index contributed by atoms with van der Waals surface area (Å²) in [6, 6.07) is 10.1.